The number of halogens is 2. The molecule has 1 N–H and O–H groups in total. The Morgan fingerprint density at radius 1 is 0.846 bits per heavy atom. The van der Waals surface area contributed by atoms with E-state index in [4.69, 9.17) is 14.2 Å². The van der Waals surface area contributed by atoms with Crippen LogP contribution in [0, 0.1) is 15.4 Å². The third-order valence-corrected chi connectivity index (χ3v) is 4.07. The van der Waals surface area contributed by atoms with E-state index in [0.717, 1.165) is 20.4 Å². The van der Waals surface area contributed by atoms with Crippen molar-refractivity contribution in [2.45, 2.75) is 0 Å². The molecule has 0 bridgehead atoms. The molecule has 0 saturated heterocycles. The minimum absolute atomic E-state index is 0.111. The van der Waals surface area contributed by atoms with Crippen molar-refractivity contribution >= 4 is 22.6 Å². The SMILES string of the molecule is Oc1ccc(C#Cc2ccc(OCCOCCOCCF)c(I)c2)cc1. The zero-order valence-electron chi connectivity index (χ0n) is 14.2. The van der Waals surface area contributed by atoms with E-state index < -0.39 is 6.67 Å². The number of alkyl halides is 1. The molecule has 0 spiro atoms. The zero-order chi connectivity index (χ0) is 18.6. The lowest BCUT2D eigenvalue weighted by Gasteiger charge is -2.09. The molecule has 0 amide bonds. The Balaban J connectivity index is 1.77. The van der Waals surface area contributed by atoms with Gasteiger partial charge in [0, 0.05) is 11.1 Å². The second kappa shape index (κ2) is 11.7. The largest absolute Gasteiger partial charge is 0.508 e. The molecule has 0 atom stereocenters. The van der Waals surface area contributed by atoms with Crippen LogP contribution in [0.2, 0.25) is 0 Å². The number of rotatable bonds is 9. The van der Waals surface area contributed by atoms with Crippen molar-refractivity contribution in [2.24, 2.45) is 0 Å². The molecule has 2 aromatic rings. The van der Waals surface area contributed by atoms with Gasteiger partial charge in [0.25, 0.3) is 0 Å². The number of hydrogen-bond acceptors (Lipinski definition) is 4. The van der Waals surface area contributed by atoms with Crippen LogP contribution in [0.1, 0.15) is 11.1 Å². The molecule has 0 aliphatic rings. The van der Waals surface area contributed by atoms with Crippen molar-refractivity contribution in [3.63, 3.8) is 0 Å². The molecule has 0 aliphatic heterocycles. The zero-order valence-corrected chi connectivity index (χ0v) is 16.4. The quantitative estimate of drug-likeness (QED) is 0.345. The lowest BCUT2D eigenvalue weighted by atomic mass is 10.2. The Kier molecular flexibility index (Phi) is 9.24. The summed E-state index contributed by atoms with van der Waals surface area (Å²) in [6, 6.07) is 12.5. The van der Waals surface area contributed by atoms with Crippen molar-refractivity contribution in [3.05, 3.63) is 57.2 Å². The highest BCUT2D eigenvalue weighted by molar-refractivity contribution is 14.1. The molecular weight excluding hydrogens is 450 g/mol. The first-order valence-corrected chi connectivity index (χ1v) is 9.22. The van der Waals surface area contributed by atoms with Gasteiger partial charge in [-0.25, -0.2) is 4.39 Å². The van der Waals surface area contributed by atoms with Gasteiger partial charge in [0.2, 0.25) is 0 Å². The normalized spacial score (nSPS) is 10.2. The fourth-order valence-corrected chi connectivity index (χ4v) is 2.64. The number of aromatic hydroxyl groups is 1. The first-order valence-electron chi connectivity index (χ1n) is 8.14. The third-order valence-electron chi connectivity index (χ3n) is 3.23. The lowest BCUT2D eigenvalue weighted by Crippen LogP contribution is -2.11. The van der Waals surface area contributed by atoms with Crippen LogP contribution in [0.25, 0.3) is 0 Å². The van der Waals surface area contributed by atoms with Crippen molar-refractivity contribution in [3.8, 4) is 23.3 Å². The van der Waals surface area contributed by atoms with Crippen LogP contribution in [0.15, 0.2) is 42.5 Å². The minimum Gasteiger partial charge on any atom is -0.508 e. The highest BCUT2D eigenvalue weighted by atomic mass is 127. The number of benzene rings is 2. The molecular formula is C20H20FIO4. The molecule has 6 heteroatoms. The maximum atomic E-state index is 11.8. The summed E-state index contributed by atoms with van der Waals surface area (Å²) in [7, 11) is 0. The van der Waals surface area contributed by atoms with Gasteiger partial charge in [0.1, 0.15) is 24.8 Å². The van der Waals surface area contributed by atoms with Gasteiger partial charge in [-0.05, 0) is 65.1 Å². The van der Waals surface area contributed by atoms with Gasteiger partial charge in [-0.3, -0.25) is 0 Å². The van der Waals surface area contributed by atoms with E-state index in [1.54, 1.807) is 24.3 Å². The second-order valence-corrected chi connectivity index (χ2v) is 6.37. The summed E-state index contributed by atoms with van der Waals surface area (Å²) in [5.74, 6) is 7.15. The first kappa shape index (κ1) is 20.5. The average molecular weight is 470 g/mol. The van der Waals surface area contributed by atoms with Gasteiger partial charge in [-0.15, -0.1) is 0 Å². The third kappa shape index (κ3) is 7.60. The van der Waals surface area contributed by atoms with Crippen LogP contribution in [-0.4, -0.2) is 44.8 Å². The second-order valence-electron chi connectivity index (χ2n) is 5.20. The highest BCUT2D eigenvalue weighted by Gasteiger charge is 2.02. The van der Waals surface area contributed by atoms with Crippen molar-refractivity contribution in [2.75, 3.05) is 39.7 Å². The highest BCUT2D eigenvalue weighted by Crippen LogP contribution is 2.22. The molecule has 0 heterocycles. The van der Waals surface area contributed by atoms with Crippen LogP contribution in [0.5, 0.6) is 11.5 Å². The van der Waals surface area contributed by atoms with Gasteiger partial charge in [0.15, 0.2) is 0 Å². The summed E-state index contributed by atoms with van der Waals surface area (Å²) in [4.78, 5) is 0. The van der Waals surface area contributed by atoms with Crippen LogP contribution in [0.4, 0.5) is 4.39 Å². The molecule has 26 heavy (non-hydrogen) atoms. The molecule has 0 aliphatic carbocycles. The molecule has 2 aromatic carbocycles. The van der Waals surface area contributed by atoms with Crippen molar-refractivity contribution in [1.82, 2.24) is 0 Å². The fourth-order valence-electron chi connectivity index (χ4n) is 1.97. The van der Waals surface area contributed by atoms with Crippen LogP contribution in [-0.2, 0) is 9.47 Å². The topological polar surface area (TPSA) is 47.9 Å². The van der Waals surface area contributed by atoms with E-state index in [1.165, 1.54) is 0 Å². The predicted molar refractivity (Wildman–Crippen MR) is 106 cm³/mol. The molecule has 0 fully saturated rings. The maximum Gasteiger partial charge on any atom is 0.132 e. The molecule has 4 nitrogen and oxygen atoms in total. The summed E-state index contributed by atoms with van der Waals surface area (Å²) in [5, 5.41) is 9.27. The van der Waals surface area contributed by atoms with Crippen LogP contribution >= 0.6 is 22.6 Å². The Morgan fingerprint density at radius 2 is 1.46 bits per heavy atom. The van der Waals surface area contributed by atoms with E-state index in [-0.39, 0.29) is 12.4 Å². The smallest absolute Gasteiger partial charge is 0.132 e. The summed E-state index contributed by atoms with van der Waals surface area (Å²) in [6.45, 7) is 1.31. The minimum atomic E-state index is -0.475. The molecule has 0 saturated carbocycles. The number of phenols is 1. The summed E-state index contributed by atoms with van der Waals surface area (Å²) >= 11 is 2.21. The summed E-state index contributed by atoms with van der Waals surface area (Å²) in [6.07, 6.45) is 0. The van der Waals surface area contributed by atoms with Crippen molar-refractivity contribution < 1.29 is 23.7 Å². The maximum absolute atomic E-state index is 11.8. The Hall–Kier alpha value is -1.82. The van der Waals surface area contributed by atoms with E-state index in [9.17, 15) is 9.50 Å². The Morgan fingerprint density at radius 3 is 2.15 bits per heavy atom. The fraction of sp³-hybridized carbons (Fsp3) is 0.300. The molecule has 2 rings (SSSR count). The molecule has 0 unspecified atom stereocenters. The number of phenolic OH excluding ortho intramolecular Hbond substituents is 1. The molecule has 0 radical (unpaired) electrons. The Labute approximate surface area is 166 Å². The number of ether oxygens (including phenoxy) is 3. The van der Waals surface area contributed by atoms with Crippen LogP contribution < -0.4 is 4.74 Å². The predicted octanol–water partition coefficient (Wildman–Crippen LogP) is 3.78. The van der Waals surface area contributed by atoms with Gasteiger partial charge >= 0.3 is 0 Å². The Bertz CT molecular complexity index is 738. The van der Waals surface area contributed by atoms with Crippen molar-refractivity contribution in [1.29, 1.82) is 0 Å². The van der Waals surface area contributed by atoms with E-state index >= 15 is 0 Å². The van der Waals surface area contributed by atoms with Crippen LogP contribution in [0.3, 0.4) is 0 Å². The van der Waals surface area contributed by atoms with E-state index in [0.29, 0.717) is 26.4 Å². The van der Waals surface area contributed by atoms with E-state index in [1.807, 2.05) is 18.2 Å². The standard InChI is InChI=1S/C20H20FIO4/c21-9-10-24-11-12-25-13-14-26-20-8-5-17(15-19(20)22)2-1-16-3-6-18(23)7-4-16/h3-8,15,23H,9-14H2. The summed E-state index contributed by atoms with van der Waals surface area (Å²) in [5.41, 5.74) is 1.72. The molecule has 0 aromatic heterocycles. The number of hydrogen-bond donors (Lipinski definition) is 1. The van der Waals surface area contributed by atoms with Gasteiger partial charge in [-0.1, -0.05) is 11.8 Å². The van der Waals surface area contributed by atoms with Gasteiger partial charge < -0.3 is 19.3 Å². The first-order chi connectivity index (χ1) is 12.7. The van der Waals surface area contributed by atoms with E-state index in [2.05, 4.69) is 34.4 Å². The summed E-state index contributed by atoms with van der Waals surface area (Å²) < 4.78 is 28.8. The van der Waals surface area contributed by atoms with Gasteiger partial charge in [-0.2, -0.15) is 0 Å². The van der Waals surface area contributed by atoms with Gasteiger partial charge in [0.05, 0.1) is 30.0 Å². The monoisotopic (exact) mass is 470 g/mol. The molecule has 138 valence electrons. The average Bonchev–Trinajstić information content (AvgIpc) is 2.65. The lowest BCUT2D eigenvalue weighted by molar-refractivity contribution is 0.0324.